The molecule has 0 aromatic carbocycles. The zero-order valence-electron chi connectivity index (χ0n) is 6.39. The Kier molecular flexibility index (Phi) is 21.0. The van der Waals surface area contributed by atoms with E-state index in [1.807, 2.05) is 0 Å². The lowest BCUT2D eigenvalue weighted by molar-refractivity contribution is 0.321. The van der Waals surface area contributed by atoms with E-state index in [2.05, 4.69) is 25.7 Å². The molecule has 60 valence electrons. The van der Waals surface area contributed by atoms with Crippen LogP contribution < -0.4 is 0 Å². The molecule has 0 aliphatic rings. The van der Waals surface area contributed by atoms with Crippen molar-refractivity contribution in [2.45, 2.75) is 20.8 Å². The van der Waals surface area contributed by atoms with Crippen molar-refractivity contribution in [1.29, 1.82) is 0 Å². The summed E-state index contributed by atoms with van der Waals surface area (Å²) in [5, 5.41) is 0. The quantitative estimate of drug-likeness (QED) is 0.703. The van der Waals surface area contributed by atoms with E-state index < -0.39 is 0 Å². The standard InChI is InChI=1S/C6H15N.BrH.ClH/c1-4-7(5-2)6-3;;/h4-6H2,1-3H3;2*1H. The van der Waals surface area contributed by atoms with Gasteiger partial charge in [-0.1, -0.05) is 20.8 Å². The minimum Gasteiger partial charge on any atom is -0.304 e. The minimum absolute atomic E-state index is 0. The van der Waals surface area contributed by atoms with Crippen LogP contribution >= 0.6 is 29.4 Å². The molecule has 0 spiro atoms. The van der Waals surface area contributed by atoms with Gasteiger partial charge in [0.25, 0.3) is 0 Å². The van der Waals surface area contributed by atoms with Crippen molar-refractivity contribution in [1.82, 2.24) is 4.90 Å². The molecule has 1 nitrogen and oxygen atoms in total. The fraction of sp³-hybridized carbons (Fsp3) is 1.00. The molecule has 0 aliphatic carbocycles. The second kappa shape index (κ2) is 11.5. The summed E-state index contributed by atoms with van der Waals surface area (Å²) in [6, 6.07) is 0. The van der Waals surface area contributed by atoms with Gasteiger partial charge < -0.3 is 4.90 Å². The second-order valence-electron chi connectivity index (χ2n) is 1.62. The van der Waals surface area contributed by atoms with E-state index in [-0.39, 0.29) is 29.4 Å². The van der Waals surface area contributed by atoms with Crippen molar-refractivity contribution >= 4 is 29.4 Å². The first kappa shape index (κ1) is 16.4. The molecule has 0 aliphatic heterocycles. The summed E-state index contributed by atoms with van der Waals surface area (Å²) in [4.78, 5) is 2.38. The maximum Gasteiger partial charge on any atom is -0.00474 e. The molecule has 0 rings (SSSR count). The van der Waals surface area contributed by atoms with E-state index in [0.717, 1.165) is 0 Å². The van der Waals surface area contributed by atoms with Crippen molar-refractivity contribution in [2.24, 2.45) is 0 Å². The zero-order chi connectivity index (χ0) is 5.70. The largest absolute Gasteiger partial charge is 0.304 e. The van der Waals surface area contributed by atoms with Crippen molar-refractivity contribution in [2.75, 3.05) is 19.6 Å². The smallest absolute Gasteiger partial charge is 0.00474 e. The van der Waals surface area contributed by atoms with Gasteiger partial charge in [-0.3, -0.25) is 0 Å². The van der Waals surface area contributed by atoms with Crippen molar-refractivity contribution < 1.29 is 0 Å². The van der Waals surface area contributed by atoms with Crippen molar-refractivity contribution in [3.05, 3.63) is 0 Å². The zero-order valence-corrected chi connectivity index (χ0v) is 8.91. The van der Waals surface area contributed by atoms with E-state index in [4.69, 9.17) is 0 Å². The van der Waals surface area contributed by atoms with Crippen LogP contribution in [0.25, 0.3) is 0 Å². The Hall–Kier alpha value is 0.730. The number of halogens is 2. The predicted octanol–water partition coefficient (Wildman–Crippen LogP) is 2.35. The lowest BCUT2D eigenvalue weighted by Crippen LogP contribution is -2.21. The van der Waals surface area contributed by atoms with Crippen LogP contribution in [-0.2, 0) is 0 Å². The van der Waals surface area contributed by atoms with Crippen LogP contribution in [0.2, 0.25) is 0 Å². The fourth-order valence-corrected chi connectivity index (χ4v) is 0.671. The molecule has 0 aromatic heterocycles. The Labute approximate surface area is 75.0 Å². The summed E-state index contributed by atoms with van der Waals surface area (Å²) in [6.45, 7) is 10.1. The SMILES string of the molecule is Br.CCN(CC)CC.Cl. The molecule has 0 atom stereocenters. The van der Waals surface area contributed by atoms with Crippen LogP contribution in [0.4, 0.5) is 0 Å². The first-order valence-corrected chi connectivity index (χ1v) is 3.07. The van der Waals surface area contributed by atoms with Crippen LogP contribution in [-0.4, -0.2) is 24.5 Å². The van der Waals surface area contributed by atoms with Crippen molar-refractivity contribution in [3.63, 3.8) is 0 Å². The van der Waals surface area contributed by atoms with Gasteiger partial charge in [0.15, 0.2) is 0 Å². The van der Waals surface area contributed by atoms with Gasteiger partial charge in [0.05, 0.1) is 0 Å². The fourth-order valence-electron chi connectivity index (χ4n) is 0.671. The van der Waals surface area contributed by atoms with Crippen LogP contribution in [0, 0.1) is 0 Å². The van der Waals surface area contributed by atoms with E-state index in [1.165, 1.54) is 19.6 Å². The molecular formula is C6H17BrClN. The molecular weight excluding hydrogens is 201 g/mol. The molecule has 9 heavy (non-hydrogen) atoms. The molecule has 0 bridgehead atoms. The maximum atomic E-state index is 2.38. The van der Waals surface area contributed by atoms with E-state index >= 15 is 0 Å². The predicted molar refractivity (Wildman–Crippen MR) is 51.0 cm³/mol. The van der Waals surface area contributed by atoms with Crippen molar-refractivity contribution in [3.8, 4) is 0 Å². The normalized spacial score (nSPS) is 8.00. The summed E-state index contributed by atoms with van der Waals surface area (Å²) in [6.07, 6.45) is 0. The minimum atomic E-state index is 0. The third kappa shape index (κ3) is 8.73. The Morgan fingerprint density at radius 2 is 1.11 bits per heavy atom. The Morgan fingerprint density at radius 3 is 1.11 bits per heavy atom. The molecule has 0 saturated heterocycles. The molecule has 3 heteroatoms. The number of hydrogen-bond donors (Lipinski definition) is 0. The summed E-state index contributed by atoms with van der Waals surface area (Å²) in [5.41, 5.74) is 0. The maximum absolute atomic E-state index is 2.38. The third-order valence-electron chi connectivity index (χ3n) is 1.34. The highest BCUT2D eigenvalue weighted by Crippen LogP contribution is 1.81. The Bertz CT molecular complexity index is 34.5. The van der Waals surface area contributed by atoms with Crippen LogP contribution in [0.15, 0.2) is 0 Å². The highest BCUT2D eigenvalue weighted by atomic mass is 79.9. The third-order valence-corrected chi connectivity index (χ3v) is 1.34. The number of nitrogens with zero attached hydrogens (tertiary/aromatic N) is 1. The molecule has 0 aromatic rings. The van der Waals surface area contributed by atoms with E-state index in [0.29, 0.717) is 0 Å². The van der Waals surface area contributed by atoms with Crippen LogP contribution in [0.5, 0.6) is 0 Å². The average Bonchev–Trinajstić information content (AvgIpc) is 1.72. The highest BCUT2D eigenvalue weighted by molar-refractivity contribution is 8.93. The lowest BCUT2D eigenvalue weighted by atomic mass is 10.5. The highest BCUT2D eigenvalue weighted by Gasteiger charge is 1.89. The topological polar surface area (TPSA) is 3.24 Å². The molecule has 0 saturated carbocycles. The molecule has 0 radical (unpaired) electrons. The van der Waals surface area contributed by atoms with Gasteiger partial charge in [-0.05, 0) is 19.6 Å². The first-order chi connectivity index (χ1) is 3.35. The number of hydrogen-bond acceptors (Lipinski definition) is 1. The van der Waals surface area contributed by atoms with Gasteiger partial charge in [-0.25, -0.2) is 0 Å². The van der Waals surface area contributed by atoms with Gasteiger partial charge in [-0.2, -0.15) is 0 Å². The van der Waals surface area contributed by atoms with E-state index in [9.17, 15) is 0 Å². The summed E-state index contributed by atoms with van der Waals surface area (Å²) in [7, 11) is 0. The van der Waals surface area contributed by atoms with Crippen LogP contribution in [0.3, 0.4) is 0 Å². The summed E-state index contributed by atoms with van der Waals surface area (Å²) >= 11 is 0. The molecule has 0 fully saturated rings. The monoisotopic (exact) mass is 217 g/mol. The van der Waals surface area contributed by atoms with Gasteiger partial charge in [0.1, 0.15) is 0 Å². The van der Waals surface area contributed by atoms with Gasteiger partial charge in [0.2, 0.25) is 0 Å². The molecule has 0 N–H and O–H groups in total. The molecule has 0 unspecified atom stereocenters. The summed E-state index contributed by atoms with van der Waals surface area (Å²) in [5.74, 6) is 0. The van der Waals surface area contributed by atoms with E-state index in [1.54, 1.807) is 0 Å². The summed E-state index contributed by atoms with van der Waals surface area (Å²) < 4.78 is 0. The van der Waals surface area contributed by atoms with Gasteiger partial charge >= 0.3 is 0 Å². The van der Waals surface area contributed by atoms with Crippen LogP contribution in [0.1, 0.15) is 20.8 Å². The average molecular weight is 219 g/mol. The van der Waals surface area contributed by atoms with Gasteiger partial charge in [-0.15, -0.1) is 29.4 Å². The molecule has 0 heterocycles. The second-order valence-corrected chi connectivity index (χ2v) is 1.62. The first-order valence-electron chi connectivity index (χ1n) is 3.07. The lowest BCUT2D eigenvalue weighted by Gasteiger charge is -2.13. The Balaban J connectivity index is -0.000000180. The Morgan fingerprint density at radius 1 is 0.889 bits per heavy atom. The molecule has 0 amide bonds. The number of rotatable bonds is 3. The van der Waals surface area contributed by atoms with Gasteiger partial charge in [0, 0.05) is 0 Å².